The normalized spacial score (nSPS) is 20.3. The van der Waals surface area contributed by atoms with Crippen molar-refractivity contribution in [2.75, 3.05) is 46.0 Å². The molecule has 10 heteroatoms. The van der Waals surface area contributed by atoms with Gasteiger partial charge in [-0.25, -0.2) is 0 Å². The largest absolute Gasteiger partial charge is 0.507 e. The van der Waals surface area contributed by atoms with Crippen LogP contribution < -0.4 is 10.5 Å². The number of ether oxygens (including phenoxy) is 2. The lowest BCUT2D eigenvalue weighted by molar-refractivity contribution is -0.140. The number of ketones is 1. The third-order valence-corrected chi connectivity index (χ3v) is 6.25. The van der Waals surface area contributed by atoms with Crippen molar-refractivity contribution < 1.29 is 29.0 Å². The molecule has 0 aliphatic carbocycles. The average Bonchev–Trinajstić information content (AvgIpc) is 3.12. The Morgan fingerprint density at radius 3 is 2.34 bits per heavy atom. The zero-order valence-corrected chi connectivity index (χ0v) is 19.7. The van der Waals surface area contributed by atoms with E-state index >= 15 is 0 Å². The molecule has 2 saturated heterocycles. The maximum atomic E-state index is 13.1. The third-order valence-electron chi connectivity index (χ3n) is 6.00. The van der Waals surface area contributed by atoms with Crippen molar-refractivity contribution in [3.63, 3.8) is 0 Å². The van der Waals surface area contributed by atoms with Crippen LogP contribution in [0, 0.1) is 0 Å². The van der Waals surface area contributed by atoms with E-state index in [0.717, 1.165) is 13.1 Å². The monoisotopic (exact) mass is 499 g/mol. The number of morpholine rings is 1. The number of rotatable bonds is 8. The van der Waals surface area contributed by atoms with Crippen molar-refractivity contribution >= 4 is 35.0 Å². The van der Waals surface area contributed by atoms with Crippen LogP contribution in [0.5, 0.6) is 5.75 Å². The minimum Gasteiger partial charge on any atom is -0.507 e. The number of nitrogens with zero attached hydrogens (tertiary/aromatic N) is 2. The summed E-state index contributed by atoms with van der Waals surface area (Å²) in [6, 6.07) is 12.2. The molecule has 1 atom stereocenters. The topological polar surface area (TPSA) is 122 Å². The van der Waals surface area contributed by atoms with Crippen molar-refractivity contribution in [3.8, 4) is 5.75 Å². The van der Waals surface area contributed by atoms with Gasteiger partial charge < -0.3 is 25.2 Å². The Bertz CT molecular complexity index is 1130. The van der Waals surface area contributed by atoms with E-state index in [4.69, 9.17) is 26.8 Å². The van der Waals surface area contributed by atoms with Gasteiger partial charge in [0.1, 0.15) is 11.5 Å². The van der Waals surface area contributed by atoms with E-state index in [1.54, 1.807) is 48.5 Å². The number of primary amides is 1. The summed E-state index contributed by atoms with van der Waals surface area (Å²) in [5.41, 5.74) is 6.13. The van der Waals surface area contributed by atoms with Gasteiger partial charge in [0.05, 0.1) is 24.8 Å². The number of aliphatic hydroxyl groups is 1. The van der Waals surface area contributed by atoms with E-state index in [1.165, 1.54) is 4.90 Å². The molecule has 2 aliphatic rings. The highest BCUT2D eigenvalue weighted by Crippen LogP contribution is 2.39. The van der Waals surface area contributed by atoms with Gasteiger partial charge in [-0.3, -0.25) is 19.3 Å². The molecule has 0 saturated carbocycles. The Kier molecular flexibility index (Phi) is 7.70. The second-order valence-electron chi connectivity index (χ2n) is 8.28. The lowest BCUT2D eigenvalue weighted by Crippen LogP contribution is -2.42. The molecule has 2 aliphatic heterocycles. The van der Waals surface area contributed by atoms with Crippen LogP contribution in [-0.4, -0.2) is 78.5 Å². The fourth-order valence-electron chi connectivity index (χ4n) is 4.20. The standard InChI is InChI=1S/C25H26ClN3O6/c26-18-5-1-17(2-6-18)23(31)21-22(16-3-7-19(8-4-16)35-15-20(27)30)29(25(33)24(21)32)10-9-28-11-13-34-14-12-28/h1-8,22,31H,9-15H2,(H2,27,30). The molecule has 3 N–H and O–H groups in total. The Morgan fingerprint density at radius 1 is 1.06 bits per heavy atom. The molecule has 35 heavy (non-hydrogen) atoms. The van der Waals surface area contributed by atoms with E-state index in [0.29, 0.717) is 48.2 Å². The number of Topliss-reactive ketones (excluding diaryl/α,β-unsaturated/α-hetero) is 1. The molecule has 2 aromatic rings. The summed E-state index contributed by atoms with van der Waals surface area (Å²) in [7, 11) is 0. The van der Waals surface area contributed by atoms with Crippen LogP contribution in [0.1, 0.15) is 17.2 Å². The smallest absolute Gasteiger partial charge is 0.295 e. The number of carbonyl (C=O) groups is 3. The van der Waals surface area contributed by atoms with E-state index in [9.17, 15) is 19.5 Å². The number of hydrogen-bond donors (Lipinski definition) is 2. The van der Waals surface area contributed by atoms with Crippen molar-refractivity contribution in [3.05, 3.63) is 70.3 Å². The second-order valence-corrected chi connectivity index (χ2v) is 8.71. The predicted octanol–water partition coefficient (Wildman–Crippen LogP) is 1.96. The first-order valence-electron chi connectivity index (χ1n) is 11.2. The molecule has 1 unspecified atom stereocenters. The Balaban J connectivity index is 1.69. The SMILES string of the molecule is NC(=O)COc1ccc(C2C(=C(O)c3ccc(Cl)cc3)C(=O)C(=O)N2CCN2CCOCC2)cc1. The molecule has 184 valence electrons. The van der Waals surface area contributed by atoms with Crippen LogP contribution >= 0.6 is 11.6 Å². The van der Waals surface area contributed by atoms with Gasteiger partial charge in [0.25, 0.3) is 17.6 Å². The Labute approximate surface area is 207 Å². The Morgan fingerprint density at radius 2 is 1.71 bits per heavy atom. The minimum atomic E-state index is -0.795. The molecular weight excluding hydrogens is 474 g/mol. The van der Waals surface area contributed by atoms with Gasteiger partial charge in [-0.1, -0.05) is 23.7 Å². The summed E-state index contributed by atoms with van der Waals surface area (Å²) in [6.45, 7) is 3.31. The predicted molar refractivity (Wildman–Crippen MR) is 129 cm³/mol. The summed E-state index contributed by atoms with van der Waals surface area (Å²) < 4.78 is 10.7. The van der Waals surface area contributed by atoms with E-state index in [2.05, 4.69) is 4.90 Å². The van der Waals surface area contributed by atoms with Crippen molar-refractivity contribution in [1.82, 2.24) is 9.80 Å². The summed E-state index contributed by atoms with van der Waals surface area (Å²) in [6.07, 6.45) is 0. The summed E-state index contributed by atoms with van der Waals surface area (Å²) >= 11 is 5.97. The highest BCUT2D eigenvalue weighted by atomic mass is 35.5. The molecule has 0 bridgehead atoms. The summed E-state index contributed by atoms with van der Waals surface area (Å²) in [4.78, 5) is 40.9. The van der Waals surface area contributed by atoms with Crippen molar-refractivity contribution in [1.29, 1.82) is 0 Å². The first-order chi connectivity index (χ1) is 16.8. The molecule has 2 aromatic carbocycles. The number of nitrogens with two attached hydrogens (primary N) is 1. The number of aliphatic hydroxyl groups excluding tert-OH is 1. The maximum Gasteiger partial charge on any atom is 0.295 e. The summed E-state index contributed by atoms with van der Waals surface area (Å²) in [5.74, 6) is -1.89. The molecule has 2 heterocycles. The van der Waals surface area contributed by atoms with Gasteiger partial charge in [0, 0.05) is 36.8 Å². The van der Waals surface area contributed by atoms with Gasteiger partial charge >= 0.3 is 0 Å². The lowest BCUT2D eigenvalue weighted by Gasteiger charge is -2.31. The highest BCUT2D eigenvalue weighted by Gasteiger charge is 2.46. The van der Waals surface area contributed by atoms with Gasteiger partial charge in [-0.2, -0.15) is 0 Å². The zero-order valence-electron chi connectivity index (χ0n) is 19.0. The second kappa shape index (κ2) is 10.9. The fourth-order valence-corrected chi connectivity index (χ4v) is 4.32. The number of hydrogen-bond acceptors (Lipinski definition) is 7. The van der Waals surface area contributed by atoms with Gasteiger partial charge in [-0.05, 0) is 42.0 Å². The third kappa shape index (κ3) is 5.64. The van der Waals surface area contributed by atoms with Crippen LogP contribution in [-0.2, 0) is 19.1 Å². The quantitative estimate of drug-likeness (QED) is 0.323. The number of halogens is 1. The highest BCUT2D eigenvalue weighted by molar-refractivity contribution is 6.46. The molecule has 2 amide bonds. The van der Waals surface area contributed by atoms with Crippen LogP contribution in [0.25, 0.3) is 5.76 Å². The molecule has 0 aromatic heterocycles. The van der Waals surface area contributed by atoms with E-state index in [1.807, 2.05) is 0 Å². The fraction of sp³-hybridized carbons (Fsp3) is 0.320. The Hall–Kier alpha value is -3.40. The molecule has 4 rings (SSSR count). The molecule has 2 fully saturated rings. The van der Waals surface area contributed by atoms with Gasteiger partial charge in [0.2, 0.25) is 0 Å². The first-order valence-corrected chi connectivity index (χ1v) is 11.6. The molecule has 9 nitrogen and oxygen atoms in total. The first kappa shape index (κ1) is 24.7. The molecule has 0 radical (unpaired) electrons. The maximum absolute atomic E-state index is 13.1. The van der Waals surface area contributed by atoms with E-state index < -0.39 is 23.6 Å². The van der Waals surface area contributed by atoms with Crippen LogP contribution in [0.4, 0.5) is 0 Å². The van der Waals surface area contributed by atoms with Crippen molar-refractivity contribution in [2.45, 2.75) is 6.04 Å². The van der Waals surface area contributed by atoms with Gasteiger partial charge in [0.15, 0.2) is 6.61 Å². The number of benzene rings is 2. The zero-order chi connectivity index (χ0) is 24.9. The number of amides is 2. The van der Waals surface area contributed by atoms with Crippen molar-refractivity contribution in [2.24, 2.45) is 5.73 Å². The number of likely N-dealkylation sites (tertiary alicyclic amines) is 1. The minimum absolute atomic E-state index is 0.00473. The summed E-state index contributed by atoms with van der Waals surface area (Å²) in [5, 5.41) is 11.6. The lowest BCUT2D eigenvalue weighted by atomic mass is 9.95. The van der Waals surface area contributed by atoms with Crippen LogP contribution in [0.15, 0.2) is 54.1 Å². The average molecular weight is 500 g/mol. The molecular formula is C25H26ClN3O6. The number of carbonyl (C=O) groups excluding carboxylic acids is 3. The van der Waals surface area contributed by atoms with Crippen LogP contribution in [0.3, 0.4) is 0 Å². The molecule has 0 spiro atoms. The van der Waals surface area contributed by atoms with E-state index in [-0.39, 0.29) is 17.9 Å². The van der Waals surface area contributed by atoms with Gasteiger partial charge in [-0.15, -0.1) is 0 Å². The van der Waals surface area contributed by atoms with Crippen LogP contribution in [0.2, 0.25) is 5.02 Å².